The molecule has 8 heteroatoms. The Bertz CT molecular complexity index is 1070. The van der Waals surface area contributed by atoms with Crippen molar-refractivity contribution in [3.8, 4) is 11.5 Å². The molecule has 2 aromatic carbocycles. The van der Waals surface area contributed by atoms with Crippen LogP contribution in [0.1, 0.15) is 31.9 Å². The van der Waals surface area contributed by atoms with Crippen LogP contribution in [0.2, 0.25) is 0 Å². The van der Waals surface area contributed by atoms with Gasteiger partial charge >= 0.3 is 0 Å². The molecule has 1 aliphatic rings. The van der Waals surface area contributed by atoms with Crippen LogP contribution in [0.5, 0.6) is 11.5 Å². The van der Waals surface area contributed by atoms with Crippen LogP contribution in [0.4, 0.5) is 5.69 Å². The Kier molecular flexibility index (Phi) is 7.93. The lowest BCUT2D eigenvalue weighted by Crippen LogP contribution is -2.34. The zero-order valence-electron chi connectivity index (χ0n) is 18.5. The fourth-order valence-electron chi connectivity index (χ4n) is 3.25. The maximum absolute atomic E-state index is 12.6. The molecule has 1 N–H and O–H groups in total. The quantitative estimate of drug-likeness (QED) is 0.438. The molecule has 0 saturated carbocycles. The Morgan fingerprint density at radius 1 is 1.22 bits per heavy atom. The molecule has 168 valence electrons. The third-order valence-corrected chi connectivity index (χ3v) is 6.19. The van der Waals surface area contributed by atoms with Crippen LogP contribution < -0.4 is 14.8 Å². The summed E-state index contributed by atoms with van der Waals surface area (Å²) in [5.74, 6) is 0.561. The number of carbonyl (C=O) groups excluding carboxylic acids is 2. The number of methoxy groups -OCH3 is 1. The summed E-state index contributed by atoms with van der Waals surface area (Å²) in [4.78, 5) is 27.1. The molecule has 2 aromatic rings. The number of amides is 2. The first-order valence-corrected chi connectivity index (χ1v) is 11.5. The smallest absolute Gasteiger partial charge is 0.266 e. The summed E-state index contributed by atoms with van der Waals surface area (Å²) in [6.45, 7) is 5.75. The van der Waals surface area contributed by atoms with E-state index in [0.717, 1.165) is 23.2 Å². The molecule has 1 saturated heterocycles. The van der Waals surface area contributed by atoms with Gasteiger partial charge in [0.05, 0.1) is 12.0 Å². The van der Waals surface area contributed by atoms with Gasteiger partial charge in [0.1, 0.15) is 4.32 Å². The lowest BCUT2D eigenvalue weighted by molar-refractivity contribution is -0.123. The zero-order valence-corrected chi connectivity index (χ0v) is 20.1. The average molecular weight is 471 g/mol. The van der Waals surface area contributed by atoms with E-state index in [-0.39, 0.29) is 24.5 Å². The van der Waals surface area contributed by atoms with E-state index in [1.54, 1.807) is 23.1 Å². The van der Waals surface area contributed by atoms with Gasteiger partial charge in [0.2, 0.25) is 0 Å². The van der Waals surface area contributed by atoms with E-state index >= 15 is 0 Å². The van der Waals surface area contributed by atoms with Crippen LogP contribution in [0.15, 0.2) is 47.4 Å². The van der Waals surface area contributed by atoms with E-state index in [4.69, 9.17) is 21.7 Å². The molecule has 0 aromatic heterocycles. The molecule has 0 aliphatic carbocycles. The van der Waals surface area contributed by atoms with Crippen LogP contribution in [-0.2, 0) is 16.0 Å². The van der Waals surface area contributed by atoms with Crippen LogP contribution in [0.25, 0.3) is 6.08 Å². The first-order valence-electron chi connectivity index (χ1n) is 10.3. The number of ether oxygens (including phenoxy) is 2. The molecule has 1 fully saturated rings. The summed E-state index contributed by atoms with van der Waals surface area (Å²) in [6, 6.07) is 13.0. The number of nitrogens with one attached hydrogen (secondary N) is 1. The summed E-state index contributed by atoms with van der Waals surface area (Å²) in [5, 5.41) is 2.88. The number of hydrogen-bond donors (Lipinski definition) is 1. The number of nitrogens with zero attached hydrogens (tertiary/aromatic N) is 1. The second kappa shape index (κ2) is 10.7. The highest BCUT2D eigenvalue weighted by Crippen LogP contribution is 2.35. The van der Waals surface area contributed by atoms with Crippen molar-refractivity contribution in [1.82, 2.24) is 4.90 Å². The van der Waals surface area contributed by atoms with Crippen molar-refractivity contribution in [3.05, 3.63) is 58.5 Å². The van der Waals surface area contributed by atoms with Crippen molar-refractivity contribution in [1.29, 1.82) is 0 Å². The van der Waals surface area contributed by atoms with E-state index in [9.17, 15) is 9.59 Å². The van der Waals surface area contributed by atoms with Crippen molar-refractivity contribution >= 4 is 51.9 Å². The number of anilines is 1. The van der Waals surface area contributed by atoms with Gasteiger partial charge < -0.3 is 14.8 Å². The summed E-state index contributed by atoms with van der Waals surface area (Å²) in [7, 11) is 1.53. The van der Waals surface area contributed by atoms with Gasteiger partial charge in [0, 0.05) is 11.7 Å². The summed E-state index contributed by atoms with van der Waals surface area (Å²) < 4.78 is 11.7. The maximum Gasteiger partial charge on any atom is 0.266 e. The largest absolute Gasteiger partial charge is 0.493 e. The van der Waals surface area contributed by atoms with Crippen LogP contribution in [0.3, 0.4) is 0 Å². The highest BCUT2D eigenvalue weighted by atomic mass is 32.2. The van der Waals surface area contributed by atoms with Gasteiger partial charge in [-0.05, 0) is 55.7 Å². The highest BCUT2D eigenvalue weighted by molar-refractivity contribution is 8.26. The van der Waals surface area contributed by atoms with Gasteiger partial charge in [-0.1, -0.05) is 55.2 Å². The van der Waals surface area contributed by atoms with Gasteiger partial charge in [-0.15, -0.1) is 0 Å². The van der Waals surface area contributed by atoms with E-state index in [0.29, 0.717) is 20.7 Å². The first-order chi connectivity index (χ1) is 15.3. The third kappa shape index (κ3) is 5.49. The van der Waals surface area contributed by atoms with E-state index in [1.807, 2.05) is 51.1 Å². The molecular weight excluding hydrogens is 444 g/mol. The minimum absolute atomic E-state index is 0.00847. The molecule has 1 heterocycles. The Balaban J connectivity index is 1.69. The van der Waals surface area contributed by atoms with Crippen LogP contribution >= 0.6 is 24.0 Å². The Morgan fingerprint density at radius 2 is 1.97 bits per heavy atom. The molecule has 1 aliphatic heterocycles. The topological polar surface area (TPSA) is 67.9 Å². The molecule has 0 spiro atoms. The minimum Gasteiger partial charge on any atom is -0.493 e. The van der Waals surface area contributed by atoms with Crippen molar-refractivity contribution in [2.45, 2.75) is 33.2 Å². The number of thiocarbonyl (C=S) groups is 1. The number of rotatable bonds is 8. The predicted molar refractivity (Wildman–Crippen MR) is 133 cm³/mol. The average Bonchev–Trinajstić information content (AvgIpc) is 3.05. The molecule has 3 rings (SSSR count). The molecule has 6 nitrogen and oxygen atoms in total. The first kappa shape index (κ1) is 23.8. The van der Waals surface area contributed by atoms with Crippen molar-refractivity contribution in [3.63, 3.8) is 0 Å². The molecular formula is C24H26N2O4S2. The predicted octanol–water partition coefficient (Wildman–Crippen LogP) is 4.88. The minimum atomic E-state index is -0.255. The van der Waals surface area contributed by atoms with E-state index in [2.05, 4.69) is 5.32 Å². The van der Waals surface area contributed by atoms with Crippen molar-refractivity contribution in [2.24, 2.45) is 0 Å². The fraction of sp³-hybridized carbons (Fsp3) is 0.292. The van der Waals surface area contributed by atoms with Gasteiger partial charge in [0.15, 0.2) is 18.1 Å². The number of carbonyl (C=O) groups is 2. The summed E-state index contributed by atoms with van der Waals surface area (Å²) in [6.07, 6.45) is 2.60. The molecule has 0 radical (unpaired) electrons. The molecule has 0 unspecified atom stereocenters. The van der Waals surface area contributed by atoms with Gasteiger partial charge in [-0.3, -0.25) is 14.5 Å². The number of para-hydroxylation sites is 1. The number of thioether (sulfide) groups is 1. The van der Waals surface area contributed by atoms with Gasteiger partial charge in [-0.2, -0.15) is 0 Å². The second-order valence-electron chi connectivity index (χ2n) is 7.40. The van der Waals surface area contributed by atoms with E-state index < -0.39 is 0 Å². The zero-order chi connectivity index (χ0) is 23.3. The third-order valence-electron chi connectivity index (χ3n) is 4.86. The Morgan fingerprint density at radius 3 is 2.62 bits per heavy atom. The van der Waals surface area contributed by atoms with Crippen molar-refractivity contribution in [2.75, 3.05) is 19.0 Å². The van der Waals surface area contributed by atoms with E-state index in [1.165, 1.54) is 18.9 Å². The normalized spacial score (nSPS) is 14.9. The second-order valence-corrected chi connectivity index (χ2v) is 9.08. The highest BCUT2D eigenvalue weighted by Gasteiger charge is 2.33. The molecule has 32 heavy (non-hydrogen) atoms. The number of aryl methyl sites for hydroxylation is 1. The lowest BCUT2D eigenvalue weighted by atomic mass is 10.1. The van der Waals surface area contributed by atoms with Crippen LogP contribution in [-0.4, -0.2) is 40.8 Å². The molecule has 0 bridgehead atoms. The van der Waals surface area contributed by atoms with Crippen LogP contribution in [0, 0.1) is 0 Å². The maximum atomic E-state index is 12.6. The Hall–Kier alpha value is -2.84. The molecule has 2 amide bonds. The molecule has 0 atom stereocenters. The number of benzene rings is 2. The number of hydrogen-bond acceptors (Lipinski definition) is 6. The lowest BCUT2D eigenvalue weighted by Gasteiger charge is -2.18. The SMILES string of the molecule is CCc1ccccc1NC(=O)COc1ccc(/C=C2\SC(=S)N(C(C)C)C2=O)cc1OC. The van der Waals surface area contributed by atoms with Gasteiger partial charge in [-0.25, -0.2) is 0 Å². The standard InChI is InChI=1S/C24H26N2O4S2/c1-5-17-8-6-7-9-18(17)25-22(27)14-30-19-11-10-16(12-20(19)29-4)13-21-23(28)26(15(2)3)24(31)32-21/h6-13,15H,5,14H2,1-4H3,(H,25,27)/b21-13-. The van der Waals surface area contributed by atoms with Gasteiger partial charge in [0.25, 0.3) is 11.8 Å². The van der Waals surface area contributed by atoms with Crippen molar-refractivity contribution < 1.29 is 19.1 Å². The fourth-order valence-corrected chi connectivity index (χ4v) is 4.77. The summed E-state index contributed by atoms with van der Waals surface area (Å²) in [5.41, 5.74) is 2.62. The Labute approximate surface area is 198 Å². The monoisotopic (exact) mass is 470 g/mol. The summed E-state index contributed by atoms with van der Waals surface area (Å²) >= 11 is 6.61.